The van der Waals surface area contributed by atoms with Crippen LogP contribution in [0.4, 0.5) is 5.69 Å². The first-order valence-electron chi connectivity index (χ1n) is 5.53. The summed E-state index contributed by atoms with van der Waals surface area (Å²) in [4.78, 5) is 4.24. The quantitative estimate of drug-likeness (QED) is 0.856. The van der Waals surface area contributed by atoms with E-state index < -0.39 is 0 Å². The average Bonchev–Trinajstić information content (AvgIpc) is 2.39. The van der Waals surface area contributed by atoms with Crippen LogP contribution >= 0.6 is 11.8 Å². The van der Waals surface area contributed by atoms with Crippen LogP contribution in [0.15, 0.2) is 41.6 Å². The zero-order chi connectivity index (χ0) is 13.0. The van der Waals surface area contributed by atoms with Crippen molar-refractivity contribution in [3.05, 3.63) is 53.2 Å². The van der Waals surface area contributed by atoms with Gasteiger partial charge in [0, 0.05) is 5.75 Å². The topological polar surface area (TPSA) is 62.7 Å². The molecule has 2 aromatic rings. The van der Waals surface area contributed by atoms with Gasteiger partial charge in [0.2, 0.25) is 0 Å². The highest BCUT2D eigenvalue weighted by Crippen LogP contribution is 2.23. The van der Waals surface area contributed by atoms with Gasteiger partial charge in [0.25, 0.3) is 0 Å². The van der Waals surface area contributed by atoms with E-state index in [9.17, 15) is 0 Å². The molecule has 0 unspecified atom stereocenters. The lowest BCUT2D eigenvalue weighted by atomic mass is 10.1. The largest absolute Gasteiger partial charge is 0.397 e. The van der Waals surface area contributed by atoms with Crippen molar-refractivity contribution in [2.75, 3.05) is 5.73 Å². The Labute approximate surface area is 111 Å². The molecule has 90 valence electrons. The number of benzene rings is 1. The summed E-state index contributed by atoms with van der Waals surface area (Å²) in [5.41, 5.74) is 9.32. The molecule has 4 heteroatoms. The fourth-order valence-corrected chi connectivity index (χ4v) is 2.47. The molecule has 0 radical (unpaired) electrons. The number of nitrogens with zero attached hydrogens (tertiary/aromatic N) is 2. The van der Waals surface area contributed by atoms with Crippen molar-refractivity contribution in [3.63, 3.8) is 0 Å². The monoisotopic (exact) mass is 255 g/mol. The van der Waals surface area contributed by atoms with E-state index in [0.717, 1.165) is 16.3 Å². The minimum Gasteiger partial charge on any atom is -0.397 e. The maximum Gasteiger partial charge on any atom is 0.0991 e. The molecule has 1 heterocycles. The highest BCUT2D eigenvalue weighted by Gasteiger charge is 2.02. The van der Waals surface area contributed by atoms with Gasteiger partial charge in [-0.15, -0.1) is 11.8 Å². The van der Waals surface area contributed by atoms with Gasteiger partial charge < -0.3 is 5.73 Å². The van der Waals surface area contributed by atoms with Crippen LogP contribution in [0.2, 0.25) is 0 Å². The van der Waals surface area contributed by atoms with E-state index in [1.165, 1.54) is 5.56 Å². The number of anilines is 1. The van der Waals surface area contributed by atoms with Gasteiger partial charge in [-0.05, 0) is 42.3 Å². The number of nitrogen functional groups attached to an aromatic ring is 1. The van der Waals surface area contributed by atoms with Crippen molar-refractivity contribution in [1.82, 2.24) is 4.98 Å². The Hall–Kier alpha value is -1.99. The minimum atomic E-state index is 0.675. The minimum absolute atomic E-state index is 0.675. The van der Waals surface area contributed by atoms with Crippen LogP contribution < -0.4 is 5.73 Å². The summed E-state index contributed by atoms with van der Waals surface area (Å²) in [6.07, 6.45) is 1.66. The van der Waals surface area contributed by atoms with E-state index in [2.05, 4.69) is 11.1 Å². The molecule has 0 amide bonds. The number of nitrogens with two attached hydrogens (primary N) is 1. The van der Waals surface area contributed by atoms with E-state index in [-0.39, 0.29) is 0 Å². The van der Waals surface area contributed by atoms with Gasteiger partial charge >= 0.3 is 0 Å². The molecule has 0 saturated heterocycles. The molecule has 0 aliphatic carbocycles. The van der Waals surface area contributed by atoms with E-state index >= 15 is 0 Å². The summed E-state index contributed by atoms with van der Waals surface area (Å²) in [7, 11) is 0. The van der Waals surface area contributed by atoms with E-state index in [1.807, 2.05) is 37.3 Å². The summed E-state index contributed by atoms with van der Waals surface area (Å²) < 4.78 is 0. The van der Waals surface area contributed by atoms with Crippen molar-refractivity contribution in [1.29, 1.82) is 5.26 Å². The van der Waals surface area contributed by atoms with E-state index in [4.69, 9.17) is 11.0 Å². The second kappa shape index (κ2) is 5.56. The number of nitriles is 1. The number of thioether (sulfide) groups is 1. The second-order valence-electron chi connectivity index (χ2n) is 3.97. The number of pyridine rings is 1. The van der Waals surface area contributed by atoms with Crippen molar-refractivity contribution >= 4 is 17.4 Å². The molecule has 0 aliphatic heterocycles. The van der Waals surface area contributed by atoms with Crippen molar-refractivity contribution in [2.45, 2.75) is 17.7 Å². The number of hydrogen-bond acceptors (Lipinski definition) is 4. The Balaban J connectivity index is 2.06. The molecule has 0 atom stereocenters. The number of aromatic nitrogens is 1. The first-order chi connectivity index (χ1) is 8.69. The van der Waals surface area contributed by atoms with Gasteiger partial charge in [-0.25, -0.2) is 4.98 Å². The standard InChI is InChI=1S/C14H13N3S/c1-10-6-11(7-15)2-3-12(10)9-18-14-5-4-13(16)8-17-14/h2-6,8H,9,16H2,1H3. The van der Waals surface area contributed by atoms with Gasteiger partial charge in [0.05, 0.1) is 28.5 Å². The van der Waals surface area contributed by atoms with E-state index in [1.54, 1.807) is 18.0 Å². The zero-order valence-electron chi connectivity index (χ0n) is 10.1. The van der Waals surface area contributed by atoms with Gasteiger partial charge in [-0.3, -0.25) is 0 Å². The molecule has 0 aliphatic rings. The summed E-state index contributed by atoms with van der Waals surface area (Å²) in [5.74, 6) is 0.842. The van der Waals surface area contributed by atoms with Crippen LogP contribution in [-0.4, -0.2) is 4.98 Å². The molecule has 0 fully saturated rings. The Bertz CT molecular complexity index is 585. The molecule has 18 heavy (non-hydrogen) atoms. The molecule has 2 rings (SSSR count). The highest BCUT2D eigenvalue weighted by molar-refractivity contribution is 7.98. The van der Waals surface area contributed by atoms with Crippen molar-refractivity contribution in [2.24, 2.45) is 0 Å². The molecule has 0 saturated carbocycles. The van der Waals surface area contributed by atoms with Crippen LogP contribution in [0, 0.1) is 18.3 Å². The molecule has 3 nitrogen and oxygen atoms in total. The lowest BCUT2D eigenvalue weighted by molar-refractivity contribution is 1.13. The number of rotatable bonds is 3. The molecule has 0 bridgehead atoms. The first-order valence-corrected chi connectivity index (χ1v) is 6.51. The summed E-state index contributed by atoms with van der Waals surface area (Å²) in [5, 5.41) is 9.76. The molecular formula is C14H13N3S. The molecule has 1 aromatic carbocycles. The van der Waals surface area contributed by atoms with Gasteiger partial charge in [-0.1, -0.05) is 6.07 Å². The summed E-state index contributed by atoms with van der Waals surface area (Å²) >= 11 is 1.66. The van der Waals surface area contributed by atoms with E-state index in [0.29, 0.717) is 11.3 Å². The predicted molar refractivity (Wildman–Crippen MR) is 74.1 cm³/mol. The zero-order valence-corrected chi connectivity index (χ0v) is 10.9. The number of hydrogen-bond donors (Lipinski definition) is 1. The normalized spacial score (nSPS) is 10.0. The predicted octanol–water partition coefficient (Wildman–Crippen LogP) is 3.14. The SMILES string of the molecule is Cc1cc(C#N)ccc1CSc1ccc(N)cn1. The van der Waals surface area contributed by atoms with Crippen LogP contribution in [0.3, 0.4) is 0 Å². The summed E-state index contributed by atoms with van der Waals surface area (Å²) in [6, 6.07) is 11.7. The molecule has 1 aromatic heterocycles. The smallest absolute Gasteiger partial charge is 0.0991 e. The van der Waals surface area contributed by atoms with Crippen LogP contribution in [-0.2, 0) is 5.75 Å². The fourth-order valence-electron chi connectivity index (χ4n) is 1.56. The maximum absolute atomic E-state index is 8.81. The Morgan fingerprint density at radius 3 is 2.78 bits per heavy atom. The lowest BCUT2D eigenvalue weighted by Gasteiger charge is -2.05. The first kappa shape index (κ1) is 12.5. The third-order valence-electron chi connectivity index (χ3n) is 2.61. The Morgan fingerprint density at radius 1 is 1.33 bits per heavy atom. The molecule has 0 spiro atoms. The molecule has 2 N–H and O–H groups in total. The van der Waals surface area contributed by atoms with Crippen LogP contribution in [0.5, 0.6) is 0 Å². The molecular weight excluding hydrogens is 242 g/mol. The Morgan fingerprint density at radius 2 is 2.17 bits per heavy atom. The van der Waals surface area contributed by atoms with Crippen LogP contribution in [0.25, 0.3) is 0 Å². The van der Waals surface area contributed by atoms with Gasteiger partial charge in [0.1, 0.15) is 0 Å². The lowest BCUT2D eigenvalue weighted by Crippen LogP contribution is -1.90. The summed E-state index contributed by atoms with van der Waals surface area (Å²) in [6.45, 7) is 2.02. The van der Waals surface area contributed by atoms with Crippen molar-refractivity contribution in [3.8, 4) is 6.07 Å². The maximum atomic E-state index is 8.81. The van der Waals surface area contributed by atoms with Gasteiger partial charge in [0.15, 0.2) is 0 Å². The van der Waals surface area contributed by atoms with Gasteiger partial charge in [-0.2, -0.15) is 5.26 Å². The van der Waals surface area contributed by atoms with Crippen LogP contribution in [0.1, 0.15) is 16.7 Å². The highest BCUT2D eigenvalue weighted by atomic mass is 32.2. The average molecular weight is 255 g/mol. The Kier molecular flexibility index (Phi) is 3.85. The second-order valence-corrected chi connectivity index (χ2v) is 4.97. The third kappa shape index (κ3) is 3.02. The van der Waals surface area contributed by atoms with Crippen molar-refractivity contribution < 1.29 is 0 Å². The third-order valence-corrected chi connectivity index (χ3v) is 3.60. The number of aryl methyl sites for hydroxylation is 1. The fraction of sp³-hybridized carbons (Fsp3) is 0.143.